The van der Waals surface area contributed by atoms with Gasteiger partial charge in [-0.05, 0) is 51.5 Å². The molecule has 2 aromatic heterocycles. The SMILES string of the molecule is Cc1cc(C)c(NC(=O)c2ccc(C)s2)c(C)n1. The number of thiophene rings is 1. The predicted molar refractivity (Wildman–Crippen MR) is 75.5 cm³/mol. The van der Waals surface area contributed by atoms with E-state index in [2.05, 4.69) is 10.3 Å². The molecule has 0 aliphatic heterocycles. The number of amides is 1. The van der Waals surface area contributed by atoms with E-state index in [1.165, 1.54) is 11.3 Å². The van der Waals surface area contributed by atoms with Crippen molar-refractivity contribution in [3.8, 4) is 0 Å². The molecular formula is C14H16N2OS. The fourth-order valence-corrected chi connectivity index (χ4v) is 2.71. The van der Waals surface area contributed by atoms with Crippen molar-refractivity contribution in [3.63, 3.8) is 0 Å². The molecule has 0 saturated carbocycles. The zero-order valence-electron chi connectivity index (χ0n) is 11.0. The van der Waals surface area contributed by atoms with E-state index < -0.39 is 0 Å². The van der Waals surface area contributed by atoms with Gasteiger partial charge in [-0.25, -0.2) is 0 Å². The van der Waals surface area contributed by atoms with Crippen LogP contribution < -0.4 is 5.32 Å². The van der Waals surface area contributed by atoms with Crippen molar-refractivity contribution >= 4 is 22.9 Å². The average molecular weight is 260 g/mol. The standard InChI is InChI=1S/C14H16N2OS/c1-8-7-9(2)15-11(4)13(8)16-14(17)12-6-5-10(3)18-12/h5-7H,1-4H3,(H,16,17). The maximum atomic E-state index is 12.1. The normalized spacial score (nSPS) is 10.4. The number of aryl methyl sites for hydroxylation is 4. The molecule has 0 atom stereocenters. The van der Waals surface area contributed by atoms with Crippen LogP contribution in [0.2, 0.25) is 0 Å². The van der Waals surface area contributed by atoms with Gasteiger partial charge in [-0.1, -0.05) is 0 Å². The maximum Gasteiger partial charge on any atom is 0.265 e. The van der Waals surface area contributed by atoms with Crippen molar-refractivity contribution in [1.82, 2.24) is 4.98 Å². The summed E-state index contributed by atoms with van der Waals surface area (Å²) in [4.78, 5) is 18.3. The fourth-order valence-electron chi connectivity index (χ4n) is 1.94. The third-order valence-electron chi connectivity index (χ3n) is 2.73. The molecule has 1 N–H and O–H groups in total. The third kappa shape index (κ3) is 2.59. The first-order valence-electron chi connectivity index (χ1n) is 5.80. The Morgan fingerprint density at radius 3 is 2.50 bits per heavy atom. The molecule has 0 saturated heterocycles. The smallest absolute Gasteiger partial charge is 0.265 e. The minimum absolute atomic E-state index is 0.0649. The maximum absolute atomic E-state index is 12.1. The summed E-state index contributed by atoms with van der Waals surface area (Å²) in [5, 5.41) is 2.94. The Kier molecular flexibility index (Phi) is 3.48. The Labute approximate surface area is 111 Å². The van der Waals surface area contributed by atoms with E-state index in [9.17, 15) is 4.79 Å². The molecule has 0 fully saturated rings. The third-order valence-corrected chi connectivity index (χ3v) is 3.73. The van der Waals surface area contributed by atoms with Gasteiger partial charge >= 0.3 is 0 Å². The summed E-state index contributed by atoms with van der Waals surface area (Å²) >= 11 is 1.50. The van der Waals surface area contributed by atoms with Crippen LogP contribution in [0.15, 0.2) is 18.2 Å². The lowest BCUT2D eigenvalue weighted by Crippen LogP contribution is -2.13. The van der Waals surface area contributed by atoms with E-state index in [4.69, 9.17) is 0 Å². The largest absolute Gasteiger partial charge is 0.319 e. The molecule has 0 bridgehead atoms. The molecule has 2 rings (SSSR count). The Hall–Kier alpha value is -1.68. The van der Waals surface area contributed by atoms with Crippen LogP contribution in [0.1, 0.15) is 31.5 Å². The number of carbonyl (C=O) groups is 1. The monoisotopic (exact) mass is 260 g/mol. The minimum atomic E-state index is -0.0649. The zero-order valence-corrected chi connectivity index (χ0v) is 11.8. The van der Waals surface area contributed by atoms with Gasteiger partial charge in [0.15, 0.2) is 0 Å². The van der Waals surface area contributed by atoms with Gasteiger partial charge in [-0.3, -0.25) is 9.78 Å². The second kappa shape index (κ2) is 4.90. The molecule has 0 aromatic carbocycles. The average Bonchev–Trinajstić information content (AvgIpc) is 2.70. The molecule has 1 amide bonds. The molecular weight excluding hydrogens is 244 g/mol. The van der Waals surface area contributed by atoms with Crippen molar-refractivity contribution in [2.24, 2.45) is 0 Å². The van der Waals surface area contributed by atoms with Crippen LogP contribution >= 0.6 is 11.3 Å². The number of anilines is 1. The number of hydrogen-bond acceptors (Lipinski definition) is 3. The van der Waals surface area contributed by atoms with Crippen LogP contribution in [-0.4, -0.2) is 10.9 Å². The Balaban J connectivity index is 2.27. The van der Waals surface area contributed by atoms with Crippen molar-refractivity contribution in [2.75, 3.05) is 5.32 Å². The van der Waals surface area contributed by atoms with Gasteiger partial charge < -0.3 is 5.32 Å². The van der Waals surface area contributed by atoms with E-state index in [1.807, 2.05) is 45.9 Å². The summed E-state index contributed by atoms with van der Waals surface area (Å²) < 4.78 is 0. The Morgan fingerprint density at radius 1 is 1.22 bits per heavy atom. The molecule has 0 unspecified atom stereocenters. The molecule has 2 aromatic rings. The molecule has 94 valence electrons. The number of carbonyl (C=O) groups excluding carboxylic acids is 1. The number of hydrogen-bond donors (Lipinski definition) is 1. The van der Waals surface area contributed by atoms with Crippen LogP contribution in [0.5, 0.6) is 0 Å². The summed E-state index contributed by atoms with van der Waals surface area (Å²) in [6, 6.07) is 5.77. The van der Waals surface area contributed by atoms with Crippen molar-refractivity contribution in [1.29, 1.82) is 0 Å². The van der Waals surface area contributed by atoms with E-state index in [0.717, 1.165) is 32.4 Å². The lowest BCUT2D eigenvalue weighted by molar-refractivity contribution is 0.103. The Bertz CT molecular complexity index is 579. The van der Waals surface area contributed by atoms with Gasteiger partial charge in [0.25, 0.3) is 5.91 Å². The van der Waals surface area contributed by atoms with Crippen LogP contribution in [0.4, 0.5) is 5.69 Å². The van der Waals surface area contributed by atoms with Gasteiger partial charge in [0.1, 0.15) is 0 Å². The Morgan fingerprint density at radius 2 is 1.94 bits per heavy atom. The number of pyridine rings is 1. The molecule has 4 heteroatoms. The first kappa shape index (κ1) is 12.8. The summed E-state index contributed by atoms with van der Waals surface area (Å²) in [7, 11) is 0. The number of rotatable bonds is 2. The van der Waals surface area contributed by atoms with Crippen LogP contribution in [0.3, 0.4) is 0 Å². The van der Waals surface area contributed by atoms with Gasteiger partial charge in [-0.15, -0.1) is 11.3 Å². The van der Waals surface area contributed by atoms with Crippen LogP contribution in [0.25, 0.3) is 0 Å². The van der Waals surface area contributed by atoms with E-state index in [1.54, 1.807) is 0 Å². The van der Waals surface area contributed by atoms with Gasteiger partial charge in [-0.2, -0.15) is 0 Å². The molecule has 0 aliphatic carbocycles. The first-order valence-corrected chi connectivity index (χ1v) is 6.61. The quantitative estimate of drug-likeness (QED) is 0.896. The highest BCUT2D eigenvalue weighted by atomic mass is 32.1. The highest BCUT2D eigenvalue weighted by Gasteiger charge is 2.12. The van der Waals surface area contributed by atoms with Crippen molar-refractivity contribution < 1.29 is 4.79 Å². The molecule has 0 spiro atoms. The lowest BCUT2D eigenvalue weighted by atomic mass is 10.1. The highest BCUT2D eigenvalue weighted by Crippen LogP contribution is 2.22. The number of nitrogens with one attached hydrogen (secondary N) is 1. The highest BCUT2D eigenvalue weighted by molar-refractivity contribution is 7.14. The van der Waals surface area contributed by atoms with E-state index in [0.29, 0.717) is 0 Å². The van der Waals surface area contributed by atoms with Crippen LogP contribution in [0, 0.1) is 27.7 Å². The first-order chi connectivity index (χ1) is 8.47. The lowest BCUT2D eigenvalue weighted by Gasteiger charge is -2.11. The summed E-state index contributed by atoms with van der Waals surface area (Å²) in [5.74, 6) is -0.0649. The van der Waals surface area contributed by atoms with E-state index in [-0.39, 0.29) is 5.91 Å². The van der Waals surface area contributed by atoms with Crippen LogP contribution in [-0.2, 0) is 0 Å². The summed E-state index contributed by atoms with van der Waals surface area (Å²) in [5.41, 5.74) is 3.68. The molecule has 3 nitrogen and oxygen atoms in total. The molecule has 2 heterocycles. The topological polar surface area (TPSA) is 42.0 Å². The van der Waals surface area contributed by atoms with Gasteiger partial charge in [0, 0.05) is 10.6 Å². The second-order valence-electron chi connectivity index (χ2n) is 4.41. The number of nitrogens with zero attached hydrogens (tertiary/aromatic N) is 1. The second-order valence-corrected chi connectivity index (χ2v) is 5.69. The molecule has 18 heavy (non-hydrogen) atoms. The van der Waals surface area contributed by atoms with Gasteiger partial charge in [0.2, 0.25) is 0 Å². The summed E-state index contributed by atoms with van der Waals surface area (Å²) in [6.45, 7) is 7.84. The zero-order chi connectivity index (χ0) is 13.3. The van der Waals surface area contributed by atoms with Crippen molar-refractivity contribution in [2.45, 2.75) is 27.7 Å². The molecule has 0 radical (unpaired) electrons. The van der Waals surface area contributed by atoms with Gasteiger partial charge in [0.05, 0.1) is 16.3 Å². The summed E-state index contributed by atoms with van der Waals surface area (Å²) in [6.07, 6.45) is 0. The van der Waals surface area contributed by atoms with Crippen molar-refractivity contribution in [3.05, 3.63) is 44.9 Å². The predicted octanol–water partition coefficient (Wildman–Crippen LogP) is 3.63. The van der Waals surface area contributed by atoms with E-state index >= 15 is 0 Å². The number of aromatic nitrogens is 1. The minimum Gasteiger partial charge on any atom is -0.319 e. The molecule has 0 aliphatic rings. The fraction of sp³-hybridized carbons (Fsp3) is 0.286.